The zero-order valence-corrected chi connectivity index (χ0v) is 10.4. The highest BCUT2D eigenvalue weighted by Crippen LogP contribution is 2.38. The van der Waals surface area contributed by atoms with E-state index in [0.717, 1.165) is 19.3 Å². The van der Waals surface area contributed by atoms with Crippen LogP contribution in [0.5, 0.6) is 0 Å². The van der Waals surface area contributed by atoms with Crippen molar-refractivity contribution in [2.45, 2.75) is 46.0 Å². The summed E-state index contributed by atoms with van der Waals surface area (Å²) in [6, 6.07) is 8.58. The quantitative estimate of drug-likeness (QED) is 0.752. The molecule has 0 N–H and O–H groups in total. The standard InChI is InChI=1S/C15H20O/c1-15(2,3)14(16)9-8-12-10-11-6-4-5-7-13(11)12/h4-7,12H,8-10H2,1-3H3. The van der Waals surface area contributed by atoms with E-state index in [1.54, 1.807) is 0 Å². The molecule has 1 nitrogen and oxygen atoms in total. The van der Waals surface area contributed by atoms with Gasteiger partial charge < -0.3 is 0 Å². The molecule has 1 aliphatic rings. The molecule has 0 spiro atoms. The van der Waals surface area contributed by atoms with Crippen LogP contribution in [0.15, 0.2) is 24.3 Å². The lowest BCUT2D eigenvalue weighted by Gasteiger charge is -2.30. The third-order valence-corrected chi connectivity index (χ3v) is 3.52. The number of hydrogen-bond acceptors (Lipinski definition) is 1. The molecule has 0 amide bonds. The van der Waals surface area contributed by atoms with Gasteiger partial charge in [-0.05, 0) is 29.9 Å². The molecule has 0 saturated carbocycles. The second-order valence-electron chi connectivity index (χ2n) is 5.81. The fourth-order valence-electron chi connectivity index (χ4n) is 2.30. The average molecular weight is 216 g/mol. The van der Waals surface area contributed by atoms with Crippen LogP contribution in [0.3, 0.4) is 0 Å². The van der Waals surface area contributed by atoms with Crippen LogP contribution in [-0.4, -0.2) is 5.78 Å². The second-order valence-corrected chi connectivity index (χ2v) is 5.81. The van der Waals surface area contributed by atoms with Gasteiger partial charge in [0.25, 0.3) is 0 Å². The molecule has 0 fully saturated rings. The fraction of sp³-hybridized carbons (Fsp3) is 0.533. The third-order valence-electron chi connectivity index (χ3n) is 3.52. The molecule has 1 aromatic rings. The topological polar surface area (TPSA) is 17.1 Å². The number of rotatable bonds is 3. The van der Waals surface area contributed by atoms with Crippen molar-refractivity contribution in [3.8, 4) is 0 Å². The smallest absolute Gasteiger partial charge is 0.138 e. The zero-order chi connectivity index (χ0) is 11.8. The Morgan fingerprint density at radius 2 is 2.00 bits per heavy atom. The highest BCUT2D eigenvalue weighted by atomic mass is 16.1. The SMILES string of the molecule is CC(C)(C)C(=O)CCC1Cc2ccccc21. The lowest BCUT2D eigenvalue weighted by Crippen LogP contribution is -2.23. The molecule has 2 rings (SSSR count). The number of hydrogen-bond donors (Lipinski definition) is 0. The number of carbonyl (C=O) groups excluding carboxylic acids is 1. The predicted octanol–water partition coefficient (Wildman–Crippen LogP) is 3.72. The molecular formula is C15H20O. The minimum Gasteiger partial charge on any atom is -0.299 e. The molecule has 86 valence electrons. The molecule has 1 unspecified atom stereocenters. The number of Topliss-reactive ketones (excluding diaryl/α,β-unsaturated/α-hetero) is 1. The Labute approximate surface area is 97.9 Å². The highest BCUT2D eigenvalue weighted by molar-refractivity contribution is 5.83. The Balaban J connectivity index is 1.89. The summed E-state index contributed by atoms with van der Waals surface area (Å²) in [5, 5.41) is 0. The first kappa shape index (κ1) is 11.4. The number of carbonyl (C=O) groups is 1. The van der Waals surface area contributed by atoms with Crippen LogP contribution < -0.4 is 0 Å². The van der Waals surface area contributed by atoms with E-state index < -0.39 is 0 Å². The summed E-state index contributed by atoms with van der Waals surface area (Å²) in [4.78, 5) is 11.8. The van der Waals surface area contributed by atoms with Crippen molar-refractivity contribution in [1.29, 1.82) is 0 Å². The van der Waals surface area contributed by atoms with Gasteiger partial charge in [0.05, 0.1) is 0 Å². The highest BCUT2D eigenvalue weighted by Gasteiger charge is 2.28. The van der Waals surface area contributed by atoms with Crippen molar-refractivity contribution in [2.75, 3.05) is 0 Å². The molecule has 1 heteroatoms. The van der Waals surface area contributed by atoms with Crippen molar-refractivity contribution >= 4 is 5.78 Å². The molecule has 1 atom stereocenters. The van der Waals surface area contributed by atoms with Crippen LogP contribution in [0, 0.1) is 5.41 Å². The number of benzene rings is 1. The summed E-state index contributed by atoms with van der Waals surface area (Å²) in [6.07, 6.45) is 2.91. The molecule has 0 saturated heterocycles. The molecule has 0 bridgehead atoms. The first-order chi connectivity index (χ1) is 7.48. The summed E-state index contributed by atoms with van der Waals surface area (Å²) < 4.78 is 0. The van der Waals surface area contributed by atoms with Gasteiger partial charge in [-0.15, -0.1) is 0 Å². The molecule has 16 heavy (non-hydrogen) atoms. The lowest BCUT2D eigenvalue weighted by molar-refractivity contribution is -0.126. The van der Waals surface area contributed by atoms with Crippen molar-refractivity contribution < 1.29 is 4.79 Å². The molecule has 0 aromatic heterocycles. The van der Waals surface area contributed by atoms with Gasteiger partial charge in [0.15, 0.2) is 0 Å². The van der Waals surface area contributed by atoms with E-state index in [4.69, 9.17) is 0 Å². The maximum Gasteiger partial charge on any atom is 0.138 e. The zero-order valence-electron chi connectivity index (χ0n) is 10.4. The maximum atomic E-state index is 11.8. The van der Waals surface area contributed by atoms with Crippen molar-refractivity contribution in [2.24, 2.45) is 5.41 Å². The van der Waals surface area contributed by atoms with Gasteiger partial charge in [-0.1, -0.05) is 45.0 Å². The first-order valence-corrected chi connectivity index (χ1v) is 6.09. The van der Waals surface area contributed by atoms with Gasteiger partial charge in [-0.2, -0.15) is 0 Å². The predicted molar refractivity (Wildman–Crippen MR) is 66.6 cm³/mol. The summed E-state index contributed by atoms with van der Waals surface area (Å²) >= 11 is 0. The van der Waals surface area contributed by atoms with Crippen LogP contribution in [0.4, 0.5) is 0 Å². The Kier molecular flexibility index (Phi) is 2.88. The Morgan fingerprint density at radius 1 is 1.31 bits per heavy atom. The van der Waals surface area contributed by atoms with Crippen LogP contribution in [0.2, 0.25) is 0 Å². The van der Waals surface area contributed by atoms with E-state index in [1.165, 1.54) is 11.1 Å². The van der Waals surface area contributed by atoms with Gasteiger partial charge in [0.2, 0.25) is 0 Å². The van der Waals surface area contributed by atoms with Crippen LogP contribution in [0.25, 0.3) is 0 Å². The Bertz CT molecular complexity index is 398. The van der Waals surface area contributed by atoms with Crippen LogP contribution in [-0.2, 0) is 11.2 Å². The Hall–Kier alpha value is -1.11. The molecule has 0 radical (unpaired) electrons. The van der Waals surface area contributed by atoms with Gasteiger partial charge in [-0.25, -0.2) is 0 Å². The van der Waals surface area contributed by atoms with Gasteiger partial charge in [0.1, 0.15) is 5.78 Å². The summed E-state index contributed by atoms with van der Waals surface area (Å²) in [5.41, 5.74) is 2.75. The van der Waals surface area contributed by atoms with E-state index in [1.807, 2.05) is 20.8 Å². The minimum atomic E-state index is -0.177. The average Bonchev–Trinajstić information content (AvgIpc) is 2.17. The lowest BCUT2D eigenvalue weighted by atomic mass is 9.74. The second kappa shape index (κ2) is 4.04. The van der Waals surface area contributed by atoms with E-state index in [-0.39, 0.29) is 5.41 Å². The largest absolute Gasteiger partial charge is 0.299 e. The van der Waals surface area contributed by atoms with Crippen LogP contribution in [0.1, 0.15) is 50.7 Å². The monoisotopic (exact) mass is 216 g/mol. The van der Waals surface area contributed by atoms with Crippen molar-refractivity contribution in [3.63, 3.8) is 0 Å². The molecule has 0 heterocycles. The van der Waals surface area contributed by atoms with Crippen molar-refractivity contribution in [1.82, 2.24) is 0 Å². The minimum absolute atomic E-state index is 0.177. The van der Waals surface area contributed by atoms with Gasteiger partial charge in [-0.3, -0.25) is 4.79 Å². The molecular weight excluding hydrogens is 196 g/mol. The first-order valence-electron chi connectivity index (χ1n) is 6.09. The normalized spacial score (nSPS) is 18.8. The van der Waals surface area contributed by atoms with Crippen LogP contribution >= 0.6 is 0 Å². The molecule has 0 aliphatic heterocycles. The fourth-order valence-corrected chi connectivity index (χ4v) is 2.30. The maximum absolute atomic E-state index is 11.8. The van der Waals surface area contributed by atoms with E-state index >= 15 is 0 Å². The van der Waals surface area contributed by atoms with E-state index in [2.05, 4.69) is 24.3 Å². The van der Waals surface area contributed by atoms with E-state index in [9.17, 15) is 4.79 Å². The summed E-state index contributed by atoms with van der Waals surface area (Å²) in [7, 11) is 0. The van der Waals surface area contributed by atoms with Crippen molar-refractivity contribution in [3.05, 3.63) is 35.4 Å². The summed E-state index contributed by atoms with van der Waals surface area (Å²) in [5.74, 6) is 1.01. The third kappa shape index (κ3) is 2.18. The Morgan fingerprint density at radius 3 is 2.62 bits per heavy atom. The van der Waals surface area contributed by atoms with Gasteiger partial charge in [0, 0.05) is 11.8 Å². The van der Waals surface area contributed by atoms with E-state index in [0.29, 0.717) is 11.7 Å². The van der Waals surface area contributed by atoms with Gasteiger partial charge >= 0.3 is 0 Å². The summed E-state index contributed by atoms with van der Waals surface area (Å²) in [6.45, 7) is 6.01. The number of ketones is 1. The molecule has 1 aromatic carbocycles. The number of fused-ring (bicyclic) bond motifs is 1. The molecule has 1 aliphatic carbocycles.